The number of nitrogens with one attached hydrogen (secondary N) is 1. The van der Waals surface area contributed by atoms with Gasteiger partial charge in [0.05, 0.1) is 22.0 Å². The molecule has 0 spiro atoms. The van der Waals surface area contributed by atoms with Crippen molar-refractivity contribution in [2.24, 2.45) is 5.11 Å². The van der Waals surface area contributed by atoms with Gasteiger partial charge in [-0.05, 0) is 17.7 Å². The monoisotopic (exact) mass is 469 g/mol. The summed E-state index contributed by atoms with van der Waals surface area (Å²) in [6, 6.07) is 2.41. The van der Waals surface area contributed by atoms with Gasteiger partial charge in [-0.3, -0.25) is 14.9 Å². The summed E-state index contributed by atoms with van der Waals surface area (Å²) in [6.45, 7) is 1.14. The molecule has 0 unspecified atom stereocenters. The number of aliphatic hydroxyl groups excluding tert-OH is 3. The molecule has 0 fully saturated rings. The van der Waals surface area contributed by atoms with Gasteiger partial charge in [-0.15, -0.1) is 11.8 Å². The number of azide groups is 1. The maximum absolute atomic E-state index is 11.4. The third kappa shape index (κ3) is 6.09. The Hall–Kier alpha value is -3.36. The fraction of sp³-hybridized carbons (Fsp3) is 0.412. The van der Waals surface area contributed by atoms with Gasteiger partial charge in [-0.2, -0.15) is 0 Å². The van der Waals surface area contributed by atoms with Crippen LogP contribution >= 0.6 is 11.8 Å². The molecule has 0 aromatic heterocycles. The number of carboxylic acids is 1. The Labute approximate surface area is 184 Å². The van der Waals surface area contributed by atoms with Crippen LogP contribution in [0.1, 0.15) is 6.92 Å². The number of carbonyl (C=O) groups is 2. The van der Waals surface area contributed by atoms with Crippen molar-refractivity contribution in [3.05, 3.63) is 50.6 Å². The second kappa shape index (κ2) is 10.8. The van der Waals surface area contributed by atoms with Crippen LogP contribution in [-0.4, -0.2) is 73.4 Å². The highest BCUT2D eigenvalue weighted by atomic mass is 32.2. The van der Waals surface area contributed by atoms with Gasteiger partial charge in [-0.1, -0.05) is 11.2 Å². The number of benzene rings is 1. The van der Waals surface area contributed by atoms with E-state index in [0.717, 1.165) is 30.8 Å². The molecule has 1 aliphatic heterocycles. The number of hydrogen-bond acceptors (Lipinski definition) is 10. The Kier molecular flexibility index (Phi) is 8.40. The first-order valence-electron chi connectivity index (χ1n) is 8.94. The van der Waals surface area contributed by atoms with Gasteiger partial charge in [0.15, 0.2) is 6.10 Å². The highest BCUT2D eigenvalue weighted by molar-refractivity contribution is 7.99. The van der Waals surface area contributed by atoms with Crippen molar-refractivity contribution in [2.45, 2.75) is 42.3 Å². The van der Waals surface area contributed by atoms with Crippen LogP contribution in [0.15, 0.2) is 40.0 Å². The molecule has 1 aromatic rings. The zero-order valence-electron chi connectivity index (χ0n) is 16.4. The Morgan fingerprint density at radius 1 is 1.44 bits per heavy atom. The largest absolute Gasteiger partial charge is 0.478 e. The summed E-state index contributed by atoms with van der Waals surface area (Å²) < 4.78 is 5.18. The van der Waals surface area contributed by atoms with Gasteiger partial charge < -0.3 is 30.5 Å². The van der Waals surface area contributed by atoms with Crippen LogP contribution < -0.4 is 5.32 Å². The molecule has 1 aliphatic rings. The topological polar surface area (TPSA) is 228 Å². The fourth-order valence-electron chi connectivity index (χ4n) is 2.90. The van der Waals surface area contributed by atoms with E-state index in [2.05, 4.69) is 15.3 Å². The Morgan fingerprint density at radius 2 is 2.12 bits per heavy atom. The molecular weight excluding hydrogens is 450 g/mol. The molecule has 2 rings (SSSR count). The van der Waals surface area contributed by atoms with E-state index in [-0.39, 0.29) is 16.3 Å². The van der Waals surface area contributed by atoms with E-state index >= 15 is 0 Å². The molecular formula is C17H19N5O9S. The normalized spacial score (nSPS) is 21.9. The number of nitro groups is 1. The number of nitro benzene ring substituents is 1. The van der Waals surface area contributed by atoms with Crippen molar-refractivity contribution in [3.63, 3.8) is 0 Å². The van der Waals surface area contributed by atoms with E-state index in [1.807, 2.05) is 0 Å². The maximum atomic E-state index is 11.4. The summed E-state index contributed by atoms with van der Waals surface area (Å²) in [5, 5.41) is 57.2. The number of rotatable bonds is 9. The third-order valence-corrected chi connectivity index (χ3v) is 5.49. The van der Waals surface area contributed by atoms with Crippen LogP contribution in [0, 0.1) is 10.1 Å². The molecule has 0 radical (unpaired) electrons. The quantitative estimate of drug-likeness (QED) is 0.0843. The zero-order chi connectivity index (χ0) is 24.0. The number of carboxylic acid groups (broad SMARTS) is 1. The third-order valence-electron chi connectivity index (χ3n) is 4.33. The Balaban J connectivity index is 2.20. The lowest BCUT2D eigenvalue weighted by Gasteiger charge is -2.38. The van der Waals surface area contributed by atoms with Crippen molar-refractivity contribution in [3.8, 4) is 0 Å². The minimum absolute atomic E-state index is 0.0138. The lowest BCUT2D eigenvalue weighted by Crippen LogP contribution is -2.59. The van der Waals surface area contributed by atoms with Gasteiger partial charge >= 0.3 is 5.97 Å². The lowest BCUT2D eigenvalue weighted by molar-refractivity contribution is -0.387. The molecule has 1 heterocycles. The molecule has 172 valence electrons. The fourth-order valence-corrected chi connectivity index (χ4v) is 3.89. The summed E-state index contributed by atoms with van der Waals surface area (Å²) in [5.74, 6) is -3.09. The number of thioether (sulfide) groups is 1. The molecule has 5 N–H and O–H groups in total. The number of ether oxygens (including phenoxy) is 1. The average Bonchev–Trinajstić information content (AvgIpc) is 2.72. The second-order valence-electron chi connectivity index (χ2n) is 6.60. The molecule has 0 saturated heterocycles. The van der Waals surface area contributed by atoms with Crippen molar-refractivity contribution >= 4 is 35.0 Å². The van der Waals surface area contributed by atoms with Crippen molar-refractivity contribution in [2.75, 3.05) is 5.75 Å². The number of carbonyl (C=O) groups excluding carboxylic acids is 1. The molecule has 32 heavy (non-hydrogen) atoms. The van der Waals surface area contributed by atoms with Gasteiger partial charge in [0.25, 0.3) is 5.69 Å². The smallest absolute Gasteiger partial charge is 0.370 e. The van der Waals surface area contributed by atoms with E-state index < -0.39 is 58.7 Å². The van der Waals surface area contributed by atoms with Gasteiger partial charge in [0.1, 0.15) is 12.2 Å². The molecule has 1 aromatic carbocycles. The summed E-state index contributed by atoms with van der Waals surface area (Å²) in [5.41, 5.74) is 8.08. The summed E-state index contributed by atoms with van der Waals surface area (Å²) in [7, 11) is 0. The van der Waals surface area contributed by atoms with E-state index in [1.54, 1.807) is 0 Å². The average molecular weight is 469 g/mol. The molecule has 15 heteroatoms. The first-order valence-corrected chi connectivity index (χ1v) is 9.93. The van der Waals surface area contributed by atoms with Crippen molar-refractivity contribution in [1.82, 2.24) is 5.32 Å². The highest BCUT2D eigenvalue weighted by Crippen LogP contribution is 2.34. The number of amides is 1. The van der Waals surface area contributed by atoms with Gasteiger partial charge in [-0.25, -0.2) is 4.79 Å². The minimum Gasteiger partial charge on any atom is -0.478 e. The van der Waals surface area contributed by atoms with Crippen LogP contribution in [0.5, 0.6) is 0 Å². The summed E-state index contributed by atoms with van der Waals surface area (Å²) >= 11 is 0.803. The number of aliphatic hydroxyl groups is 3. The second-order valence-corrected chi connectivity index (χ2v) is 7.66. The SMILES string of the molecule is CC(=O)N[C@H]1[C@H]([C@H](O)[C@H](O)CSc2ccc(N=[N+]=[N-])cc2[N+](=O)[O-])OC(C(=O)O)=C[C@@H]1O. The highest BCUT2D eigenvalue weighted by Gasteiger charge is 2.43. The van der Waals surface area contributed by atoms with Crippen molar-refractivity contribution < 1.29 is 39.7 Å². The van der Waals surface area contributed by atoms with Crippen LogP contribution in [0.25, 0.3) is 10.4 Å². The molecule has 0 bridgehead atoms. The van der Waals surface area contributed by atoms with Crippen molar-refractivity contribution in [1.29, 1.82) is 0 Å². The summed E-state index contributed by atoms with van der Waals surface area (Å²) in [6.07, 6.45) is -5.57. The minimum atomic E-state index is -1.78. The van der Waals surface area contributed by atoms with Crippen LogP contribution in [0.3, 0.4) is 0 Å². The Bertz CT molecular complexity index is 981. The molecule has 14 nitrogen and oxygen atoms in total. The Morgan fingerprint density at radius 3 is 2.69 bits per heavy atom. The zero-order valence-corrected chi connectivity index (χ0v) is 17.2. The lowest BCUT2D eigenvalue weighted by atomic mass is 9.94. The molecule has 0 saturated carbocycles. The number of hydrogen-bond donors (Lipinski definition) is 5. The van der Waals surface area contributed by atoms with E-state index in [9.17, 15) is 35.0 Å². The standard InChI is InChI=1S/C17H19N5O9S/c1-7(23)19-14-10(24)5-12(17(27)28)31-16(14)15(26)11(25)6-32-13-3-2-8(20-21-18)4-9(13)22(29)30/h2-5,10-11,14-16,24-26H,6H2,1H3,(H,19,23)(H,27,28)/t10-,11+,14+,15+,16+/m0/s1. The van der Waals surface area contributed by atoms with Gasteiger partial charge in [0.2, 0.25) is 11.7 Å². The first kappa shape index (κ1) is 24.9. The summed E-state index contributed by atoms with van der Waals surface area (Å²) in [4.78, 5) is 35.9. The maximum Gasteiger partial charge on any atom is 0.370 e. The molecule has 0 aliphatic carbocycles. The first-order chi connectivity index (χ1) is 15.0. The predicted molar refractivity (Wildman–Crippen MR) is 109 cm³/mol. The van der Waals surface area contributed by atoms with E-state index in [1.165, 1.54) is 12.1 Å². The van der Waals surface area contributed by atoms with Crippen LogP contribution in [0.2, 0.25) is 0 Å². The van der Waals surface area contributed by atoms with Gasteiger partial charge in [0, 0.05) is 29.3 Å². The predicted octanol–water partition coefficient (Wildman–Crippen LogP) is 0.583. The number of aliphatic carboxylic acids is 1. The molecule has 1 amide bonds. The van der Waals surface area contributed by atoms with E-state index in [4.69, 9.17) is 15.4 Å². The van der Waals surface area contributed by atoms with Crippen LogP contribution in [0.4, 0.5) is 11.4 Å². The van der Waals surface area contributed by atoms with E-state index in [0.29, 0.717) is 0 Å². The molecule has 5 atom stereocenters. The van der Waals surface area contributed by atoms with Crippen LogP contribution in [-0.2, 0) is 14.3 Å². The number of nitrogens with zero attached hydrogens (tertiary/aromatic N) is 4.